The molecule has 5 rings (SSSR count). The Labute approximate surface area is 173 Å². The van der Waals surface area contributed by atoms with Crippen molar-refractivity contribution in [1.82, 2.24) is 10.2 Å². The maximum Gasteiger partial charge on any atom is 0.330 e. The van der Waals surface area contributed by atoms with Crippen LogP contribution in [0.15, 0.2) is 48.5 Å². The fourth-order valence-electron chi connectivity index (χ4n) is 5.40. The van der Waals surface area contributed by atoms with Gasteiger partial charge in [-0.15, -0.1) is 0 Å². The fourth-order valence-corrected chi connectivity index (χ4v) is 5.40. The maximum atomic E-state index is 14.9. The van der Waals surface area contributed by atoms with Crippen LogP contribution in [0, 0.1) is 11.2 Å². The lowest BCUT2D eigenvalue weighted by Crippen LogP contribution is -2.72. The summed E-state index contributed by atoms with van der Waals surface area (Å²) in [6, 6.07) is 13.5. The molecule has 154 valence electrons. The predicted molar refractivity (Wildman–Crippen MR) is 108 cm³/mol. The molecule has 0 bridgehead atoms. The largest absolute Gasteiger partial charge is 0.364 e. The topological polar surface area (TPSA) is 69.7 Å². The number of fused-ring (bicyclic) bond motifs is 4. The van der Waals surface area contributed by atoms with Crippen molar-refractivity contribution in [3.05, 3.63) is 65.5 Å². The van der Waals surface area contributed by atoms with Gasteiger partial charge in [-0.1, -0.05) is 42.5 Å². The summed E-state index contributed by atoms with van der Waals surface area (Å²) in [6.07, 6.45) is 1.39. The molecule has 4 amide bonds. The number of imide groups is 2. The van der Waals surface area contributed by atoms with E-state index in [1.165, 1.54) is 13.1 Å². The molecule has 3 atom stereocenters. The van der Waals surface area contributed by atoms with Crippen LogP contribution in [0.5, 0.6) is 0 Å². The number of hydrogen-bond donors (Lipinski definition) is 1. The Balaban J connectivity index is 1.65. The zero-order valence-corrected chi connectivity index (χ0v) is 16.6. The summed E-state index contributed by atoms with van der Waals surface area (Å²) < 4.78 is 14.9. The summed E-state index contributed by atoms with van der Waals surface area (Å²) in [7, 11) is 1.38. The van der Waals surface area contributed by atoms with Gasteiger partial charge in [0.15, 0.2) is 5.41 Å². The van der Waals surface area contributed by atoms with Crippen LogP contribution < -0.4 is 10.2 Å². The predicted octanol–water partition coefficient (Wildman–Crippen LogP) is 2.83. The molecule has 7 heteroatoms. The lowest BCUT2D eigenvalue weighted by Gasteiger charge is -2.54. The van der Waals surface area contributed by atoms with E-state index in [0.29, 0.717) is 24.2 Å². The van der Waals surface area contributed by atoms with Crippen molar-refractivity contribution in [1.29, 1.82) is 0 Å². The van der Waals surface area contributed by atoms with Crippen molar-refractivity contribution in [2.45, 2.75) is 31.2 Å². The fraction of sp³-hybridized carbons (Fsp3) is 0.348. The number of nitrogens with zero attached hydrogens (tertiary/aromatic N) is 2. The summed E-state index contributed by atoms with van der Waals surface area (Å²) in [5.74, 6) is -1.32. The second kappa shape index (κ2) is 6.65. The van der Waals surface area contributed by atoms with Crippen LogP contribution in [-0.4, -0.2) is 42.4 Å². The molecule has 1 spiro atoms. The Bertz CT molecular complexity index is 1060. The number of rotatable bonds is 1. The third-order valence-electron chi connectivity index (χ3n) is 6.89. The number of barbiturate groups is 1. The number of urea groups is 1. The van der Waals surface area contributed by atoms with Gasteiger partial charge in [0.25, 0.3) is 0 Å². The van der Waals surface area contributed by atoms with Crippen molar-refractivity contribution < 1.29 is 18.8 Å². The highest BCUT2D eigenvalue weighted by molar-refractivity contribution is 6.20. The average molecular weight is 407 g/mol. The van der Waals surface area contributed by atoms with Crippen molar-refractivity contribution in [3.8, 4) is 0 Å². The van der Waals surface area contributed by atoms with Crippen LogP contribution >= 0.6 is 0 Å². The van der Waals surface area contributed by atoms with Gasteiger partial charge in [-0.25, -0.2) is 9.18 Å². The minimum atomic E-state index is -1.46. The molecule has 3 aliphatic heterocycles. The second-order valence-corrected chi connectivity index (χ2v) is 8.36. The summed E-state index contributed by atoms with van der Waals surface area (Å²) in [6.45, 7) is 0.526. The van der Waals surface area contributed by atoms with E-state index in [1.54, 1.807) is 12.1 Å². The van der Waals surface area contributed by atoms with Gasteiger partial charge in [0.05, 0.1) is 11.7 Å². The number of hydrogen-bond acceptors (Lipinski definition) is 4. The first-order chi connectivity index (χ1) is 14.4. The average Bonchev–Trinajstić information content (AvgIpc) is 2.76. The number of amides is 4. The third kappa shape index (κ3) is 2.51. The van der Waals surface area contributed by atoms with Gasteiger partial charge in [0, 0.05) is 13.6 Å². The van der Waals surface area contributed by atoms with Gasteiger partial charge in [0.1, 0.15) is 5.82 Å². The lowest BCUT2D eigenvalue weighted by molar-refractivity contribution is -0.153. The van der Waals surface area contributed by atoms with Gasteiger partial charge in [-0.3, -0.25) is 19.8 Å². The highest BCUT2D eigenvalue weighted by Crippen LogP contribution is 2.50. The monoisotopic (exact) mass is 407 g/mol. The number of benzene rings is 2. The third-order valence-corrected chi connectivity index (χ3v) is 6.89. The first kappa shape index (κ1) is 18.8. The van der Waals surface area contributed by atoms with Crippen LogP contribution in [0.4, 0.5) is 14.9 Å². The van der Waals surface area contributed by atoms with Crippen LogP contribution in [-0.2, 0) is 16.0 Å². The molecule has 3 aliphatic rings. The first-order valence-electron chi connectivity index (χ1n) is 10.2. The van der Waals surface area contributed by atoms with E-state index in [4.69, 9.17) is 0 Å². The smallest absolute Gasteiger partial charge is 0.330 e. The van der Waals surface area contributed by atoms with Crippen molar-refractivity contribution >= 4 is 23.5 Å². The number of para-hydroxylation sites is 1. The van der Waals surface area contributed by atoms with Gasteiger partial charge in [0.2, 0.25) is 11.8 Å². The Morgan fingerprint density at radius 3 is 2.60 bits per heavy atom. The molecule has 6 nitrogen and oxygen atoms in total. The highest BCUT2D eigenvalue weighted by atomic mass is 19.1. The normalized spacial score (nSPS) is 28.3. The second-order valence-electron chi connectivity index (χ2n) is 8.36. The zero-order chi connectivity index (χ0) is 21.0. The Morgan fingerprint density at radius 2 is 1.83 bits per heavy atom. The molecule has 2 fully saturated rings. The number of halogens is 1. The van der Waals surface area contributed by atoms with Crippen LogP contribution in [0.25, 0.3) is 0 Å². The molecule has 0 aromatic heterocycles. The zero-order valence-electron chi connectivity index (χ0n) is 16.6. The highest BCUT2D eigenvalue weighted by Gasteiger charge is 2.62. The lowest BCUT2D eigenvalue weighted by atomic mass is 9.64. The molecule has 0 unspecified atom stereocenters. The SMILES string of the molecule is CN1C(=O)NC(=O)[C@]2(Cc3cccc(F)c3N3CC[C@H](c4ccccc4)C[C@@H]32)C1=O. The Hall–Kier alpha value is -3.22. The summed E-state index contributed by atoms with van der Waals surface area (Å²) in [5, 5.41) is 2.36. The molecular weight excluding hydrogens is 385 g/mol. The molecule has 2 saturated heterocycles. The van der Waals surface area contributed by atoms with Crippen molar-refractivity contribution in [3.63, 3.8) is 0 Å². The quantitative estimate of drug-likeness (QED) is 0.738. The molecule has 30 heavy (non-hydrogen) atoms. The minimum Gasteiger partial charge on any atom is -0.364 e. The molecule has 3 heterocycles. The van der Waals surface area contributed by atoms with E-state index in [1.807, 2.05) is 35.2 Å². The molecule has 2 aromatic carbocycles. The van der Waals surface area contributed by atoms with E-state index >= 15 is 0 Å². The van der Waals surface area contributed by atoms with E-state index in [2.05, 4.69) is 5.32 Å². The maximum absolute atomic E-state index is 14.9. The van der Waals surface area contributed by atoms with E-state index in [0.717, 1.165) is 16.9 Å². The van der Waals surface area contributed by atoms with Gasteiger partial charge < -0.3 is 4.90 Å². The number of anilines is 1. The Kier molecular flexibility index (Phi) is 4.17. The number of carbonyl (C=O) groups excluding carboxylic acids is 3. The molecule has 0 radical (unpaired) electrons. The van der Waals surface area contributed by atoms with Gasteiger partial charge >= 0.3 is 6.03 Å². The summed E-state index contributed by atoms with van der Waals surface area (Å²) in [5.41, 5.74) is 0.770. The van der Waals surface area contributed by atoms with Gasteiger partial charge in [-0.05, 0) is 42.4 Å². The number of nitrogens with one attached hydrogen (secondary N) is 1. The first-order valence-corrected chi connectivity index (χ1v) is 10.2. The molecule has 2 aromatic rings. The summed E-state index contributed by atoms with van der Waals surface area (Å²) in [4.78, 5) is 41.6. The molecule has 0 aliphatic carbocycles. The minimum absolute atomic E-state index is 0.0745. The molecule has 1 N–H and O–H groups in total. The van der Waals surface area contributed by atoms with Crippen molar-refractivity contribution in [2.24, 2.45) is 5.41 Å². The van der Waals surface area contributed by atoms with E-state index < -0.39 is 29.3 Å². The van der Waals surface area contributed by atoms with Crippen LogP contribution in [0.2, 0.25) is 0 Å². The van der Waals surface area contributed by atoms with Crippen LogP contribution in [0.1, 0.15) is 29.9 Å². The standard InChI is InChI=1S/C23H22FN3O3/c1-26-21(29)23(20(28)25-22(26)30)13-16-8-5-9-17(24)19(16)27-11-10-15(12-18(23)27)14-6-3-2-4-7-14/h2-9,15,18H,10-13H2,1H3,(H,25,28,30)/t15-,18+,23+/m0/s1. The molecule has 0 saturated carbocycles. The van der Waals surface area contributed by atoms with Gasteiger partial charge in [-0.2, -0.15) is 0 Å². The summed E-state index contributed by atoms with van der Waals surface area (Å²) >= 11 is 0. The Morgan fingerprint density at radius 1 is 1.07 bits per heavy atom. The van der Waals surface area contributed by atoms with Crippen molar-refractivity contribution in [2.75, 3.05) is 18.5 Å². The molecular formula is C23H22FN3O3. The van der Waals surface area contributed by atoms with Crippen LogP contribution in [0.3, 0.4) is 0 Å². The number of carbonyl (C=O) groups is 3. The van der Waals surface area contributed by atoms with E-state index in [-0.39, 0.29) is 18.2 Å². The van der Waals surface area contributed by atoms with E-state index in [9.17, 15) is 18.8 Å². The number of piperidine rings is 1.